The van der Waals surface area contributed by atoms with Gasteiger partial charge in [-0.1, -0.05) is 6.07 Å². The van der Waals surface area contributed by atoms with Gasteiger partial charge in [0.1, 0.15) is 10.5 Å². The molecule has 0 aromatic heterocycles. The SMILES string of the molecule is CCNC(=O)C(C)NC(=O)c1cccc([N+](=O)[O-])c1Br. The van der Waals surface area contributed by atoms with E-state index in [0.717, 1.165) is 0 Å². The Hall–Kier alpha value is -1.96. The molecule has 8 heteroatoms. The maximum absolute atomic E-state index is 12.0. The van der Waals surface area contributed by atoms with Gasteiger partial charge in [0.05, 0.1) is 10.5 Å². The molecule has 0 aliphatic carbocycles. The predicted molar refractivity (Wildman–Crippen MR) is 76.4 cm³/mol. The van der Waals surface area contributed by atoms with E-state index in [1.165, 1.54) is 25.1 Å². The van der Waals surface area contributed by atoms with Gasteiger partial charge in [-0.05, 0) is 35.8 Å². The second-order valence-electron chi connectivity index (χ2n) is 3.99. The summed E-state index contributed by atoms with van der Waals surface area (Å²) in [5.74, 6) is -0.873. The molecule has 0 saturated carbocycles. The molecule has 0 saturated heterocycles. The Kier molecular flexibility index (Phi) is 5.63. The average molecular weight is 344 g/mol. The van der Waals surface area contributed by atoms with E-state index in [9.17, 15) is 19.7 Å². The van der Waals surface area contributed by atoms with E-state index in [2.05, 4.69) is 26.6 Å². The lowest BCUT2D eigenvalue weighted by Gasteiger charge is -2.13. The fraction of sp³-hybridized carbons (Fsp3) is 0.333. The molecule has 1 rings (SSSR count). The van der Waals surface area contributed by atoms with Crippen molar-refractivity contribution in [3.05, 3.63) is 38.3 Å². The molecule has 1 aromatic rings. The predicted octanol–water partition coefficient (Wildman–Crippen LogP) is 1.61. The van der Waals surface area contributed by atoms with Crippen LogP contribution in [-0.2, 0) is 4.79 Å². The number of nitrogens with zero attached hydrogens (tertiary/aromatic N) is 1. The van der Waals surface area contributed by atoms with Crippen molar-refractivity contribution in [1.29, 1.82) is 0 Å². The molecule has 1 unspecified atom stereocenters. The van der Waals surface area contributed by atoms with Gasteiger partial charge in [0.25, 0.3) is 11.6 Å². The van der Waals surface area contributed by atoms with Crippen LogP contribution in [0.5, 0.6) is 0 Å². The highest BCUT2D eigenvalue weighted by molar-refractivity contribution is 9.10. The summed E-state index contributed by atoms with van der Waals surface area (Å²) < 4.78 is 0.0885. The van der Waals surface area contributed by atoms with Crippen LogP contribution in [0.4, 0.5) is 5.69 Å². The Morgan fingerprint density at radius 3 is 2.65 bits per heavy atom. The van der Waals surface area contributed by atoms with E-state index in [1.807, 2.05) is 0 Å². The van der Waals surface area contributed by atoms with Crippen LogP contribution in [0.15, 0.2) is 22.7 Å². The molecule has 2 amide bonds. The number of nitro benzene ring substituents is 1. The first-order valence-electron chi connectivity index (χ1n) is 5.90. The summed E-state index contributed by atoms with van der Waals surface area (Å²) in [6.45, 7) is 3.76. The van der Waals surface area contributed by atoms with Crippen LogP contribution >= 0.6 is 15.9 Å². The summed E-state index contributed by atoms with van der Waals surface area (Å²) in [6, 6.07) is 3.41. The van der Waals surface area contributed by atoms with Gasteiger partial charge in [-0.25, -0.2) is 0 Å². The fourth-order valence-electron chi connectivity index (χ4n) is 1.50. The summed E-state index contributed by atoms with van der Waals surface area (Å²) in [7, 11) is 0. The zero-order valence-corrected chi connectivity index (χ0v) is 12.6. The van der Waals surface area contributed by atoms with Crippen molar-refractivity contribution in [2.24, 2.45) is 0 Å². The second kappa shape index (κ2) is 6.99. The van der Waals surface area contributed by atoms with E-state index in [-0.39, 0.29) is 21.6 Å². The van der Waals surface area contributed by atoms with E-state index in [4.69, 9.17) is 0 Å². The summed E-state index contributed by atoms with van der Waals surface area (Å²) in [5.41, 5.74) is -0.0985. The quantitative estimate of drug-likeness (QED) is 0.626. The highest BCUT2D eigenvalue weighted by atomic mass is 79.9. The van der Waals surface area contributed by atoms with Gasteiger partial charge in [-0.3, -0.25) is 19.7 Å². The molecule has 0 fully saturated rings. The number of nitrogens with one attached hydrogen (secondary N) is 2. The lowest BCUT2D eigenvalue weighted by atomic mass is 10.1. The Morgan fingerprint density at radius 1 is 1.45 bits per heavy atom. The van der Waals surface area contributed by atoms with Crippen LogP contribution in [0.2, 0.25) is 0 Å². The van der Waals surface area contributed by atoms with Crippen molar-refractivity contribution >= 4 is 33.4 Å². The van der Waals surface area contributed by atoms with Crippen molar-refractivity contribution in [3.63, 3.8) is 0 Å². The van der Waals surface area contributed by atoms with Crippen molar-refractivity contribution < 1.29 is 14.5 Å². The number of halogens is 1. The van der Waals surface area contributed by atoms with Crippen LogP contribution in [0.1, 0.15) is 24.2 Å². The van der Waals surface area contributed by atoms with Gasteiger partial charge in [0.15, 0.2) is 0 Å². The summed E-state index contributed by atoms with van der Waals surface area (Å²) >= 11 is 3.04. The summed E-state index contributed by atoms with van der Waals surface area (Å²) in [4.78, 5) is 33.7. The average Bonchev–Trinajstić information content (AvgIpc) is 2.38. The number of rotatable bonds is 5. The molecule has 20 heavy (non-hydrogen) atoms. The van der Waals surface area contributed by atoms with Gasteiger partial charge in [0.2, 0.25) is 5.91 Å². The first kappa shape index (κ1) is 16.1. The smallest absolute Gasteiger partial charge is 0.284 e. The third kappa shape index (κ3) is 3.77. The van der Waals surface area contributed by atoms with E-state index >= 15 is 0 Å². The van der Waals surface area contributed by atoms with E-state index < -0.39 is 16.9 Å². The Labute approximate surface area is 124 Å². The van der Waals surface area contributed by atoms with Gasteiger partial charge < -0.3 is 10.6 Å². The number of hydrogen-bond donors (Lipinski definition) is 2. The first-order valence-corrected chi connectivity index (χ1v) is 6.69. The molecule has 0 aliphatic heterocycles. The number of amides is 2. The number of nitro groups is 1. The molecular weight excluding hydrogens is 330 g/mol. The molecule has 0 radical (unpaired) electrons. The number of benzene rings is 1. The molecule has 0 aliphatic rings. The van der Waals surface area contributed by atoms with Gasteiger partial charge >= 0.3 is 0 Å². The van der Waals surface area contributed by atoms with E-state index in [0.29, 0.717) is 6.54 Å². The molecule has 0 heterocycles. The van der Waals surface area contributed by atoms with Crippen LogP contribution in [0, 0.1) is 10.1 Å². The minimum absolute atomic E-state index is 0.0885. The fourth-order valence-corrected chi connectivity index (χ4v) is 2.09. The zero-order valence-electron chi connectivity index (χ0n) is 11.0. The second-order valence-corrected chi connectivity index (χ2v) is 4.78. The Morgan fingerprint density at radius 2 is 2.10 bits per heavy atom. The maximum Gasteiger partial charge on any atom is 0.284 e. The summed E-state index contributed by atoms with van der Waals surface area (Å²) in [6.07, 6.45) is 0. The highest BCUT2D eigenvalue weighted by Gasteiger charge is 2.22. The molecule has 1 aromatic carbocycles. The van der Waals surface area contributed by atoms with Crippen LogP contribution < -0.4 is 10.6 Å². The van der Waals surface area contributed by atoms with Crippen LogP contribution in [0.25, 0.3) is 0 Å². The Bertz CT molecular complexity index is 548. The maximum atomic E-state index is 12.0. The lowest BCUT2D eigenvalue weighted by Crippen LogP contribution is -2.44. The molecule has 7 nitrogen and oxygen atoms in total. The topological polar surface area (TPSA) is 101 Å². The van der Waals surface area contributed by atoms with Crippen molar-refractivity contribution in [3.8, 4) is 0 Å². The third-order valence-electron chi connectivity index (χ3n) is 2.51. The van der Waals surface area contributed by atoms with Crippen molar-refractivity contribution in [2.45, 2.75) is 19.9 Å². The normalized spacial score (nSPS) is 11.6. The minimum atomic E-state index is -0.728. The highest BCUT2D eigenvalue weighted by Crippen LogP contribution is 2.28. The molecule has 0 bridgehead atoms. The first-order chi connectivity index (χ1) is 9.38. The largest absolute Gasteiger partial charge is 0.355 e. The van der Waals surface area contributed by atoms with E-state index in [1.54, 1.807) is 6.92 Å². The molecule has 1 atom stereocenters. The minimum Gasteiger partial charge on any atom is -0.355 e. The number of carbonyl (C=O) groups excluding carboxylic acids is 2. The number of hydrogen-bond acceptors (Lipinski definition) is 4. The van der Waals surface area contributed by atoms with Gasteiger partial charge in [-0.2, -0.15) is 0 Å². The third-order valence-corrected chi connectivity index (χ3v) is 3.34. The summed E-state index contributed by atoms with van der Waals surface area (Å²) in [5, 5.41) is 15.8. The lowest BCUT2D eigenvalue weighted by molar-refractivity contribution is -0.385. The van der Waals surface area contributed by atoms with Crippen LogP contribution in [-0.4, -0.2) is 29.3 Å². The van der Waals surface area contributed by atoms with Crippen molar-refractivity contribution in [1.82, 2.24) is 10.6 Å². The van der Waals surface area contributed by atoms with Gasteiger partial charge in [-0.15, -0.1) is 0 Å². The number of carbonyl (C=O) groups is 2. The van der Waals surface area contributed by atoms with Crippen molar-refractivity contribution in [2.75, 3.05) is 6.54 Å². The van der Waals surface area contributed by atoms with Crippen LogP contribution in [0.3, 0.4) is 0 Å². The molecule has 0 spiro atoms. The monoisotopic (exact) mass is 343 g/mol. The zero-order chi connectivity index (χ0) is 15.3. The Balaban J connectivity index is 2.91. The molecule has 108 valence electrons. The standard InChI is InChI=1S/C12H14BrN3O4/c1-3-14-11(17)7(2)15-12(18)8-5-4-6-9(10(8)13)16(19)20/h4-7H,3H2,1-2H3,(H,14,17)(H,15,18). The number of likely N-dealkylation sites (N-methyl/N-ethyl adjacent to an activating group) is 1. The van der Waals surface area contributed by atoms with Gasteiger partial charge in [0, 0.05) is 12.6 Å². The molecular formula is C12H14BrN3O4. The molecule has 2 N–H and O–H groups in total.